The molecule has 1 atom stereocenters. The van der Waals surface area contributed by atoms with Gasteiger partial charge in [0.2, 0.25) is 0 Å². The van der Waals surface area contributed by atoms with Crippen LogP contribution in [0.1, 0.15) is 12.5 Å². The maximum Gasteiger partial charge on any atom is 0.123 e. The van der Waals surface area contributed by atoms with Crippen LogP contribution >= 0.6 is 15.9 Å². The third-order valence-electron chi connectivity index (χ3n) is 2.50. The molecule has 0 fully saturated rings. The van der Waals surface area contributed by atoms with Crippen LogP contribution in [0, 0.1) is 11.2 Å². The highest BCUT2D eigenvalue weighted by atomic mass is 79.9. The molecule has 1 rings (SSSR count). The van der Waals surface area contributed by atoms with Gasteiger partial charge in [0.15, 0.2) is 0 Å². The Kier molecular flexibility index (Phi) is 4.25. The quantitative estimate of drug-likeness (QED) is 0.884. The Labute approximate surface area is 97.4 Å². The Morgan fingerprint density at radius 2 is 2.20 bits per heavy atom. The van der Waals surface area contributed by atoms with Crippen LogP contribution in [0.25, 0.3) is 0 Å². The number of aliphatic hydroxyl groups is 1. The van der Waals surface area contributed by atoms with E-state index in [1.165, 1.54) is 12.1 Å². The lowest BCUT2D eigenvalue weighted by Gasteiger charge is -2.25. The highest BCUT2D eigenvalue weighted by Gasteiger charge is 2.23. The normalized spacial score (nSPS) is 15.0. The van der Waals surface area contributed by atoms with Crippen LogP contribution < -0.4 is 5.73 Å². The topological polar surface area (TPSA) is 46.2 Å². The molecular weight excluding hydrogens is 261 g/mol. The summed E-state index contributed by atoms with van der Waals surface area (Å²) in [5.74, 6) is -0.273. The van der Waals surface area contributed by atoms with E-state index in [0.717, 1.165) is 10.0 Å². The largest absolute Gasteiger partial charge is 0.396 e. The molecule has 0 aliphatic carbocycles. The van der Waals surface area contributed by atoms with Crippen molar-refractivity contribution in [2.45, 2.75) is 13.3 Å². The Balaban J connectivity index is 2.92. The van der Waals surface area contributed by atoms with Gasteiger partial charge in [0, 0.05) is 23.0 Å². The lowest BCUT2D eigenvalue weighted by Crippen LogP contribution is -2.33. The van der Waals surface area contributed by atoms with Gasteiger partial charge in [0.05, 0.1) is 0 Å². The van der Waals surface area contributed by atoms with Crippen molar-refractivity contribution >= 4 is 15.9 Å². The second kappa shape index (κ2) is 5.05. The summed E-state index contributed by atoms with van der Waals surface area (Å²) >= 11 is 3.35. The predicted molar refractivity (Wildman–Crippen MR) is 62.1 cm³/mol. The van der Waals surface area contributed by atoms with E-state index in [-0.39, 0.29) is 12.4 Å². The van der Waals surface area contributed by atoms with Gasteiger partial charge < -0.3 is 10.8 Å². The minimum atomic E-state index is -0.393. The zero-order valence-corrected chi connectivity index (χ0v) is 10.2. The highest BCUT2D eigenvalue weighted by molar-refractivity contribution is 9.10. The molecule has 0 aliphatic rings. The van der Waals surface area contributed by atoms with Gasteiger partial charge in [-0.25, -0.2) is 4.39 Å². The number of aliphatic hydroxyl groups excluding tert-OH is 1. The van der Waals surface area contributed by atoms with Crippen molar-refractivity contribution in [3.05, 3.63) is 34.1 Å². The van der Waals surface area contributed by atoms with Crippen molar-refractivity contribution in [1.82, 2.24) is 0 Å². The molecule has 0 spiro atoms. The van der Waals surface area contributed by atoms with Crippen LogP contribution in [0.2, 0.25) is 0 Å². The van der Waals surface area contributed by atoms with Crippen molar-refractivity contribution in [2.24, 2.45) is 11.1 Å². The van der Waals surface area contributed by atoms with Crippen LogP contribution in [0.4, 0.5) is 4.39 Å². The molecule has 1 unspecified atom stereocenters. The number of hydrogen-bond donors (Lipinski definition) is 2. The first-order chi connectivity index (χ1) is 7.00. The third-order valence-corrected chi connectivity index (χ3v) is 3.27. The SMILES string of the molecule is CC(CN)(CO)Cc1cc(F)ccc1Br. The Hall–Kier alpha value is -0.450. The molecule has 0 saturated carbocycles. The zero-order chi connectivity index (χ0) is 11.5. The molecule has 0 saturated heterocycles. The van der Waals surface area contributed by atoms with Gasteiger partial charge in [0.25, 0.3) is 0 Å². The molecule has 0 amide bonds. The predicted octanol–water partition coefficient (Wildman–Crippen LogP) is 2.09. The average molecular weight is 276 g/mol. The van der Waals surface area contributed by atoms with Gasteiger partial charge in [-0.05, 0) is 30.2 Å². The Bertz CT molecular complexity index is 339. The van der Waals surface area contributed by atoms with Crippen molar-refractivity contribution < 1.29 is 9.50 Å². The van der Waals surface area contributed by atoms with Crippen LogP contribution in [0.3, 0.4) is 0 Å². The number of benzene rings is 1. The molecular formula is C11H15BrFNO. The maximum absolute atomic E-state index is 13.0. The van der Waals surface area contributed by atoms with Crippen LogP contribution in [-0.2, 0) is 6.42 Å². The van der Waals surface area contributed by atoms with Crippen molar-refractivity contribution in [3.8, 4) is 0 Å². The van der Waals surface area contributed by atoms with E-state index in [9.17, 15) is 9.50 Å². The highest BCUT2D eigenvalue weighted by Crippen LogP contribution is 2.26. The van der Waals surface area contributed by atoms with E-state index < -0.39 is 5.41 Å². The molecule has 0 aliphatic heterocycles. The molecule has 0 aromatic heterocycles. The second-order valence-corrected chi connectivity index (χ2v) is 4.94. The van der Waals surface area contributed by atoms with E-state index in [4.69, 9.17) is 5.73 Å². The number of hydrogen-bond acceptors (Lipinski definition) is 2. The fourth-order valence-electron chi connectivity index (χ4n) is 1.33. The summed E-state index contributed by atoms with van der Waals surface area (Å²) in [6.45, 7) is 2.24. The summed E-state index contributed by atoms with van der Waals surface area (Å²) in [4.78, 5) is 0. The summed E-state index contributed by atoms with van der Waals surface area (Å²) in [6, 6.07) is 4.53. The molecule has 3 N–H and O–H groups in total. The lowest BCUT2D eigenvalue weighted by molar-refractivity contribution is 0.149. The third kappa shape index (κ3) is 3.26. The molecule has 4 heteroatoms. The molecule has 2 nitrogen and oxygen atoms in total. The molecule has 84 valence electrons. The van der Waals surface area contributed by atoms with Gasteiger partial charge in [-0.1, -0.05) is 22.9 Å². The summed E-state index contributed by atoms with van der Waals surface area (Å²) < 4.78 is 13.9. The summed E-state index contributed by atoms with van der Waals surface area (Å²) in [6.07, 6.45) is 0.554. The first-order valence-corrected chi connectivity index (χ1v) is 5.55. The minimum absolute atomic E-state index is 0.00749. The Morgan fingerprint density at radius 3 is 2.73 bits per heavy atom. The first kappa shape index (κ1) is 12.6. The van der Waals surface area contributed by atoms with Crippen molar-refractivity contribution in [2.75, 3.05) is 13.2 Å². The maximum atomic E-state index is 13.0. The number of nitrogens with two attached hydrogens (primary N) is 1. The summed E-state index contributed by atoms with van der Waals surface area (Å²) in [7, 11) is 0. The molecule has 1 aromatic carbocycles. The fourth-order valence-corrected chi connectivity index (χ4v) is 1.72. The van der Waals surface area contributed by atoms with Gasteiger partial charge in [0.1, 0.15) is 5.82 Å². The van der Waals surface area contributed by atoms with Gasteiger partial charge in [-0.15, -0.1) is 0 Å². The number of rotatable bonds is 4. The molecule has 15 heavy (non-hydrogen) atoms. The summed E-state index contributed by atoms with van der Waals surface area (Å²) in [5, 5.41) is 9.22. The lowest BCUT2D eigenvalue weighted by atomic mass is 9.84. The molecule has 1 aromatic rings. The van der Waals surface area contributed by atoms with Gasteiger partial charge in [-0.3, -0.25) is 0 Å². The molecule has 0 heterocycles. The minimum Gasteiger partial charge on any atom is -0.396 e. The van der Waals surface area contributed by atoms with Crippen LogP contribution in [-0.4, -0.2) is 18.3 Å². The van der Waals surface area contributed by atoms with Crippen LogP contribution in [0.5, 0.6) is 0 Å². The van der Waals surface area contributed by atoms with Crippen LogP contribution in [0.15, 0.2) is 22.7 Å². The van der Waals surface area contributed by atoms with Gasteiger partial charge in [-0.2, -0.15) is 0 Å². The van der Waals surface area contributed by atoms with Gasteiger partial charge >= 0.3 is 0 Å². The van der Waals surface area contributed by atoms with E-state index in [1.807, 2.05) is 6.92 Å². The van der Waals surface area contributed by atoms with E-state index in [1.54, 1.807) is 6.07 Å². The summed E-state index contributed by atoms with van der Waals surface area (Å²) in [5.41, 5.74) is 6.02. The second-order valence-electron chi connectivity index (χ2n) is 4.09. The smallest absolute Gasteiger partial charge is 0.123 e. The monoisotopic (exact) mass is 275 g/mol. The zero-order valence-electron chi connectivity index (χ0n) is 8.63. The standard InChI is InChI=1S/C11H15BrFNO/c1-11(6-14,7-15)5-8-4-9(13)2-3-10(8)12/h2-4,15H,5-7,14H2,1H3. The molecule has 0 radical (unpaired) electrons. The average Bonchev–Trinajstić information content (AvgIpc) is 2.23. The van der Waals surface area contributed by atoms with E-state index in [0.29, 0.717) is 13.0 Å². The van der Waals surface area contributed by atoms with Crippen molar-refractivity contribution in [3.63, 3.8) is 0 Å². The number of halogens is 2. The van der Waals surface area contributed by atoms with E-state index in [2.05, 4.69) is 15.9 Å². The molecule has 0 bridgehead atoms. The fraction of sp³-hybridized carbons (Fsp3) is 0.455. The van der Waals surface area contributed by atoms with Crippen molar-refractivity contribution in [1.29, 1.82) is 0 Å². The Morgan fingerprint density at radius 1 is 1.53 bits per heavy atom. The van der Waals surface area contributed by atoms with E-state index >= 15 is 0 Å². The first-order valence-electron chi connectivity index (χ1n) is 4.75.